The third kappa shape index (κ3) is 6.73. The summed E-state index contributed by atoms with van der Waals surface area (Å²) >= 11 is 0. The van der Waals surface area contributed by atoms with Gasteiger partial charge < -0.3 is 10.1 Å². The number of esters is 1. The van der Waals surface area contributed by atoms with Gasteiger partial charge >= 0.3 is 5.97 Å². The number of ether oxygens (including phenoxy) is 1. The van der Waals surface area contributed by atoms with Gasteiger partial charge in [0, 0.05) is 29.8 Å². The number of anilines is 1. The topological polar surface area (TPSA) is 116 Å². The molecule has 0 spiro atoms. The zero-order valence-corrected chi connectivity index (χ0v) is 17.7. The number of nitrogens with one attached hydrogen (secondary N) is 1. The molecule has 1 aliphatic carbocycles. The van der Waals surface area contributed by atoms with Crippen molar-refractivity contribution in [2.45, 2.75) is 50.9 Å². The van der Waals surface area contributed by atoms with Crippen molar-refractivity contribution >= 4 is 29.0 Å². The van der Waals surface area contributed by atoms with Crippen LogP contribution < -0.4 is 5.32 Å². The first-order chi connectivity index (χ1) is 15.4. The average Bonchev–Trinajstić information content (AvgIpc) is 2.82. The number of hydrogen-bond donors (Lipinski definition) is 1. The van der Waals surface area contributed by atoms with E-state index in [9.17, 15) is 24.5 Å². The lowest BCUT2D eigenvalue weighted by Crippen LogP contribution is -2.17. The van der Waals surface area contributed by atoms with Crippen LogP contribution in [0.15, 0.2) is 48.5 Å². The van der Waals surface area contributed by atoms with Crippen LogP contribution in [0.3, 0.4) is 0 Å². The number of nitro benzene ring substituents is 1. The first kappa shape index (κ1) is 23.1. The van der Waals surface area contributed by atoms with E-state index < -0.39 is 16.8 Å². The molecule has 32 heavy (non-hydrogen) atoms. The molecule has 3 rings (SSSR count). The fraction of sp³-hybridized carbons (Fsp3) is 0.375. The number of rotatable bonds is 9. The maximum atomic E-state index is 12.3. The lowest BCUT2D eigenvalue weighted by molar-refractivity contribution is -0.384. The Morgan fingerprint density at radius 2 is 1.59 bits per heavy atom. The fourth-order valence-electron chi connectivity index (χ4n) is 3.78. The second-order valence-corrected chi connectivity index (χ2v) is 7.89. The Hall–Kier alpha value is -3.55. The highest BCUT2D eigenvalue weighted by Crippen LogP contribution is 2.32. The molecule has 1 amide bonds. The van der Waals surface area contributed by atoms with E-state index in [0.717, 1.165) is 0 Å². The average molecular weight is 438 g/mol. The van der Waals surface area contributed by atoms with E-state index >= 15 is 0 Å². The summed E-state index contributed by atoms with van der Waals surface area (Å²) in [5.74, 6) is -0.803. The van der Waals surface area contributed by atoms with Crippen LogP contribution in [0.5, 0.6) is 0 Å². The lowest BCUT2D eigenvalue weighted by Gasteiger charge is -2.22. The summed E-state index contributed by atoms with van der Waals surface area (Å²) in [6.45, 7) is -0.369. The maximum Gasteiger partial charge on any atom is 0.306 e. The first-order valence-corrected chi connectivity index (χ1v) is 10.8. The Kier molecular flexibility index (Phi) is 8.08. The smallest absolute Gasteiger partial charge is 0.306 e. The SMILES string of the molecule is O=C(CCC(=O)OCC(=O)c1ccc(C2CCCCC2)cc1)Nc1ccc([N+](=O)[O-])cc1. The molecule has 0 bridgehead atoms. The number of Topliss-reactive ketones (excluding diaryl/α,β-unsaturated/α-hetero) is 1. The summed E-state index contributed by atoms with van der Waals surface area (Å²) in [6, 6.07) is 12.9. The summed E-state index contributed by atoms with van der Waals surface area (Å²) in [7, 11) is 0. The van der Waals surface area contributed by atoms with Crippen LogP contribution in [0.1, 0.15) is 66.8 Å². The Bertz CT molecular complexity index is 963. The minimum atomic E-state index is -0.643. The molecule has 0 saturated heterocycles. The summed E-state index contributed by atoms with van der Waals surface area (Å²) in [6.07, 6.45) is 5.84. The molecule has 8 nitrogen and oxygen atoms in total. The third-order valence-electron chi connectivity index (χ3n) is 5.59. The molecule has 1 N–H and O–H groups in total. The monoisotopic (exact) mass is 438 g/mol. The minimum Gasteiger partial charge on any atom is -0.457 e. The Labute approximate surface area is 186 Å². The Morgan fingerprint density at radius 1 is 0.938 bits per heavy atom. The molecule has 1 fully saturated rings. The first-order valence-electron chi connectivity index (χ1n) is 10.8. The van der Waals surface area contributed by atoms with Crippen LogP contribution >= 0.6 is 0 Å². The van der Waals surface area contributed by atoms with Crippen molar-refractivity contribution in [2.24, 2.45) is 0 Å². The standard InChI is InChI=1S/C24H26N2O6/c27-22(19-8-6-18(7-9-19)17-4-2-1-3-5-17)16-32-24(29)15-14-23(28)25-20-10-12-21(13-11-20)26(30)31/h6-13,17H,1-5,14-16H2,(H,25,28). The van der Waals surface area contributed by atoms with Crippen LogP contribution in [0.25, 0.3) is 0 Å². The van der Waals surface area contributed by atoms with Gasteiger partial charge in [0.05, 0.1) is 11.3 Å². The van der Waals surface area contributed by atoms with Crippen molar-refractivity contribution in [2.75, 3.05) is 11.9 Å². The predicted octanol–water partition coefficient (Wildman–Crippen LogP) is 4.79. The second kappa shape index (κ2) is 11.2. The minimum absolute atomic E-state index is 0.0835. The molecule has 0 radical (unpaired) electrons. The molecule has 0 aliphatic heterocycles. The second-order valence-electron chi connectivity index (χ2n) is 7.89. The van der Waals surface area contributed by atoms with Crippen molar-refractivity contribution in [1.82, 2.24) is 0 Å². The Morgan fingerprint density at radius 3 is 2.22 bits per heavy atom. The number of hydrogen-bond acceptors (Lipinski definition) is 6. The molecule has 8 heteroatoms. The number of nitro groups is 1. The number of ketones is 1. The third-order valence-corrected chi connectivity index (χ3v) is 5.59. The van der Waals surface area contributed by atoms with E-state index in [2.05, 4.69) is 5.32 Å². The van der Waals surface area contributed by atoms with Crippen molar-refractivity contribution in [3.63, 3.8) is 0 Å². The van der Waals surface area contributed by atoms with Crippen LogP contribution in [0, 0.1) is 10.1 Å². The van der Waals surface area contributed by atoms with Gasteiger partial charge in [0.25, 0.3) is 5.69 Å². The number of amides is 1. The summed E-state index contributed by atoms with van der Waals surface area (Å²) in [4.78, 5) is 46.2. The van der Waals surface area contributed by atoms with Crippen molar-refractivity contribution in [3.05, 3.63) is 69.8 Å². The van der Waals surface area contributed by atoms with E-state index in [4.69, 9.17) is 4.74 Å². The van der Waals surface area contributed by atoms with Gasteiger partial charge in [-0.05, 0) is 36.5 Å². The van der Waals surface area contributed by atoms with E-state index in [-0.39, 0.29) is 30.9 Å². The zero-order chi connectivity index (χ0) is 22.9. The predicted molar refractivity (Wildman–Crippen MR) is 119 cm³/mol. The van der Waals surface area contributed by atoms with Crippen LogP contribution in [-0.4, -0.2) is 29.2 Å². The highest BCUT2D eigenvalue weighted by molar-refractivity contribution is 5.98. The van der Waals surface area contributed by atoms with Gasteiger partial charge in [-0.1, -0.05) is 43.5 Å². The quantitative estimate of drug-likeness (QED) is 0.260. The van der Waals surface area contributed by atoms with Gasteiger partial charge in [-0.2, -0.15) is 0 Å². The van der Waals surface area contributed by atoms with Gasteiger partial charge in [-0.25, -0.2) is 0 Å². The molecule has 0 heterocycles. The molecule has 0 aromatic heterocycles. The highest BCUT2D eigenvalue weighted by Gasteiger charge is 2.17. The molecule has 0 unspecified atom stereocenters. The van der Waals surface area contributed by atoms with Crippen LogP contribution in [0.4, 0.5) is 11.4 Å². The number of non-ortho nitro benzene ring substituents is 1. The van der Waals surface area contributed by atoms with Crippen LogP contribution in [0.2, 0.25) is 0 Å². The van der Waals surface area contributed by atoms with Crippen LogP contribution in [-0.2, 0) is 14.3 Å². The lowest BCUT2D eigenvalue weighted by atomic mass is 9.84. The molecular formula is C24H26N2O6. The highest BCUT2D eigenvalue weighted by atomic mass is 16.6. The van der Waals surface area contributed by atoms with Crippen molar-refractivity contribution < 1.29 is 24.0 Å². The number of nitrogens with zero attached hydrogens (tertiary/aromatic N) is 1. The molecule has 168 valence electrons. The van der Waals surface area contributed by atoms with Gasteiger partial charge in [0.2, 0.25) is 5.91 Å². The number of carbonyl (C=O) groups is 3. The molecule has 0 atom stereocenters. The maximum absolute atomic E-state index is 12.3. The zero-order valence-electron chi connectivity index (χ0n) is 17.7. The molecule has 2 aromatic carbocycles. The van der Waals surface area contributed by atoms with Crippen molar-refractivity contribution in [3.8, 4) is 0 Å². The van der Waals surface area contributed by atoms with Gasteiger partial charge in [-0.3, -0.25) is 24.5 Å². The molecule has 1 aliphatic rings. The number of carbonyl (C=O) groups excluding carboxylic acids is 3. The normalized spacial score (nSPS) is 13.9. The van der Waals surface area contributed by atoms with Crippen molar-refractivity contribution in [1.29, 1.82) is 0 Å². The molecular weight excluding hydrogens is 412 g/mol. The number of benzene rings is 2. The van der Waals surface area contributed by atoms with E-state index in [1.165, 1.54) is 61.9 Å². The van der Waals surface area contributed by atoms with E-state index in [1.54, 1.807) is 12.1 Å². The molecule has 1 saturated carbocycles. The van der Waals surface area contributed by atoms with Gasteiger partial charge in [0.15, 0.2) is 12.4 Å². The van der Waals surface area contributed by atoms with Gasteiger partial charge in [-0.15, -0.1) is 0 Å². The summed E-state index contributed by atoms with van der Waals surface area (Å²) < 4.78 is 5.00. The fourth-order valence-corrected chi connectivity index (χ4v) is 3.78. The summed E-state index contributed by atoms with van der Waals surface area (Å²) in [5, 5.41) is 13.2. The largest absolute Gasteiger partial charge is 0.457 e. The van der Waals surface area contributed by atoms with E-state index in [1.807, 2.05) is 12.1 Å². The van der Waals surface area contributed by atoms with E-state index in [0.29, 0.717) is 17.2 Å². The molecule has 2 aromatic rings. The Balaban J connectivity index is 1.38. The van der Waals surface area contributed by atoms with Gasteiger partial charge in [0.1, 0.15) is 0 Å². The summed E-state index contributed by atoms with van der Waals surface area (Å²) in [5.41, 5.74) is 2.05.